The van der Waals surface area contributed by atoms with Crippen molar-refractivity contribution in [2.24, 2.45) is 5.41 Å². The van der Waals surface area contributed by atoms with Gasteiger partial charge < -0.3 is 14.6 Å². The molecule has 0 fully saturated rings. The van der Waals surface area contributed by atoms with E-state index >= 15 is 0 Å². The summed E-state index contributed by atoms with van der Waals surface area (Å²) in [5.74, 6) is -0.442. The van der Waals surface area contributed by atoms with E-state index in [0.29, 0.717) is 12.2 Å². The van der Waals surface area contributed by atoms with Gasteiger partial charge in [0.25, 0.3) is 0 Å². The highest BCUT2D eigenvalue weighted by Crippen LogP contribution is 2.37. The molecular weight excluding hydrogens is 404 g/mol. The molecule has 0 saturated heterocycles. The molecular formula is C23H30O6S. The van der Waals surface area contributed by atoms with E-state index in [9.17, 15) is 18.3 Å². The van der Waals surface area contributed by atoms with Crippen molar-refractivity contribution in [3.63, 3.8) is 0 Å². The van der Waals surface area contributed by atoms with Crippen LogP contribution in [0, 0.1) is 5.41 Å². The molecule has 0 aliphatic heterocycles. The molecule has 7 heteroatoms. The van der Waals surface area contributed by atoms with Crippen molar-refractivity contribution in [2.75, 3.05) is 14.2 Å². The van der Waals surface area contributed by atoms with Crippen LogP contribution in [0.2, 0.25) is 0 Å². The smallest absolute Gasteiger partial charge is 0.310 e. The molecule has 0 saturated carbocycles. The third-order valence-corrected chi connectivity index (χ3v) is 7.92. The summed E-state index contributed by atoms with van der Waals surface area (Å²) in [4.78, 5) is 11.9. The van der Waals surface area contributed by atoms with Gasteiger partial charge in [-0.25, -0.2) is 8.42 Å². The van der Waals surface area contributed by atoms with Gasteiger partial charge >= 0.3 is 5.97 Å². The summed E-state index contributed by atoms with van der Waals surface area (Å²) in [7, 11) is -1.03. The molecule has 6 nitrogen and oxygen atoms in total. The number of hydrogen-bond donors (Lipinski definition) is 1. The van der Waals surface area contributed by atoms with E-state index in [1.165, 1.54) is 51.8 Å². The number of benzene rings is 2. The zero-order valence-electron chi connectivity index (χ0n) is 17.9. The summed E-state index contributed by atoms with van der Waals surface area (Å²) in [6, 6.07) is 14.3. The van der Waals surface area contributed by atoms with E-state index < -0.39 is 26.5 Å². The Labute approximate surface area is 178 Å². The first-order valence-electron chi connectivity index (χ1n) is 9.87. The third kappa shape index (κ3) is 5.33. The van der Waals surface area contributed by atoms with Gasteiger partial charge in [0.2, 0.25) is 0 Å². The van der Waals surface area contributed by atoms with Crippen LogP contribution in [0.4, 0.5) is 0 Å². The molecule has 0 spiro atoms. The average molecular weight is 435 g/mol. The Hall–Kier alpha value is -2.54. The Balaban J connectivity index is 2.28. The molecule has 1 unspecified atom stereocenters. The van der Waals surface area contributed by atoms with Gasteiger partial charge in [0, 0.05) is 6.07 Å². The monoisotopic (exact) mass is 434 g/mol. The largest absolute Gasteiger partial charge is 0.493 e. The van der Waals surface area contributed by atoms with Crippen LogP contribution in [-0.4, -0.2) is 39.0 Å². The number of unbranched alkanes of at least 4 members (excludes halogenated alkanes) is 1. The SMILES string of the molecule is COc1ccc(S(=O)(=O)C(CCCCc2ccccc2)C(C)(C)C(=O)O)cc1OC. The molecule has 0 bridgehead atoms. The molecule has 1 atom stereocenters. The van der Waals surface area contributed by atoms with Crippen molar-refractivity contribution >= 4 is 15.8 Å². The number of carboxylic acid groups (broad SMARTS) is 1. The fourth-order valence-electron chi connectivity index (χ4n) is 3.50. The summed E-state index contributed by atoms with van der Waals surface area (Å²) >= 11 is 0. The highest BCUT2D eigenvalue weighted by Gasteiger charge is 2.45. The second-order valence-electron chi connectivity index (χ2n) is 7.81. The lowest BCUT2D eigenvalue weighted by Gasteiger charge is -2.30. The maximum Gasteiger partial charge on any atom is 0.310 e. The minimum Gasteiger partial charge on any atom is -0.493 e. The predicted molar refractivity (Wildman–Crippen MR) is 116 cm³/mol. The number of hydrogen-bond acceptors (Lipinski definition) is 5. The number of aryl methyl sites for hydroxylation is 1. The molecule has 1 N–H and O–H groups in total. The standard InChI is InChI=1S/C23H30O6S/c1-23(2,22(24)25)21(13-9-8-12-17-10-6-5-7-11-17)30(26,27)18-14-15-19(28-3)20(16-18)29-4/h5-7,10-11,14-16,21H,8-9,12-13H2,1-4H3,(H,24,25). The molecule has 164 valence electrons. The Kier molecular flexibility index (Phi) is 7.89. The molecule has 2 aromatic rings. The van der Waals surface area contributed by atoms with Crippen LogP contribution in [0.3, 0.4) is 0 Å². The first-order valence-corrected chi connectivity index (χ1v) is 11.4. The summed E-state index contributed by atoms with van der Waals surface area (Å²) in [5.41, 5.74) is -0.270. The van der Waals surface area contributed by atoms with Crippen LogP contribution in [0.25, 0.3) is 0 Å². The first kappa shape index (κ1) is 23.7. The first-order chi connectivity index (χ1) is 14.1. The van der Waals surface area contributed by atoms with Crippen molar-refractivity contribution in [3.8, 4) is 11.5 Å². The fourth-order valence-corrected chi connectivity index (χ4v) is 5.71. The zero-order chi connectivity index (χ0) is 22.4. The molecule has 0 heterocycles. The van der Waals surface area contributed by atoms with Crippen molar-refractivity contribution in [3.05, 3.63) is 54.1 Å². The summed E-state index contributed by atoms with van der Waals surface area (Å²) in [6.45, 7) is 2.94. The topological polar surface area (TPSA) is 89.9 Å². The van der Waals surface area contributed by atoms with Crippen molar-refractivity contribution in [2.45, 2.75) is 49.7 Å². The van der Waals surface area contributed by atoms with Crippen molar-refractivity contribution < 1.29 is 27.8 Å². The fraction of sp³-hybridized carbons (Fsp3) is 0.435. The van der Waals surface area contributed by atoms with Crippen LogP contribution >= 0.6 is 0 Å². The molecule has 0 aromatic heterocycles. The number of carboxylic acids is 1. The minimum atomic E-state index is -3.92. The van der Waals surface area contributed by atoms with Gasteiger partial charge in [-0.3, -0.25) is 4.79 Å². The van der Waals surface area contributed by atoms with Crippen LogP contribution in [0.5, 0.6) is 11.5 Å². The van der Waals surface area contributed by atoms with Gasteiger partial charge in [-0.15, -0.1) is 0 Å². The number of sulfone groups is 1. The van der Waals surface area contributed by atoms with E-state index in [4.69, 9.17) is 9.47 Å². The van der Waals surface area contributed by atoms with Crippen LogP contribution < -0.4 is 9.47 Å². The lowest BCUT2D eigenvalue weighted by Crippen LogP contribution is -2.42. The summed E-state index contributed by atoms with van der Waals surface area (Å²) in [5, 5.41) is 8.66. The van der Waals surface area contributed by atoms with Gasteiger partial charge in [-0.2, -0.15) is 0 Å². The molecule has 0 amide bonds. The number of methoxy groups -OCH3 is 2. The number of aliphatic carboxylic acids is 1. The maximum atomic E-state index is 13.5. The number of rotatable bonds is 11. The third-order valence-electron chi connectivity index (χ3n) is 5.44. The van der Waals surface area contributed by atoms with E-state index in [2.05, 4.69) is 0 Å². The lowest BCUT2D eigenvalue weighted by molar-refractivity contribution is -0.147. The molecule has 0 aliphatic rings. The quantitative estimate of drug-likeness (QED) is 0.528. The number of ether oxygens (including phenoxy) is 2. The second kappa shape index (κ2) is 9.98. The Morgan fingerprint density at radius 2 is 1.63 bits per heavy atom. The van der Waals surface area contributed by atoms with Crippen molar-refractivity contribution in [1.82, 2.24) is 0 Å². The highest BCUT2D eigenvalue weighted by atomic mass is 32.2. The van der Waals surface area contributed by atoms with Crippen LogP contribution in [0.15, 0.2) is 53.4 Å². The maximum absolute atomic E-state index is 13.5. The Morgan fingerprint density at radius 1 is 1.00 bits per heavy atom. The molecule has 0 radical (unpaired) electrons. The molecule has 2 aromatic carbocycles. The number of carbonyl (C=O) groups is 1. The van der Waals surface area contributed by atoms with E-state index in [1.807, 2.05) is 30.3 Å². The normalized spacial score (nSPS) is 12.9. The Morgan fingerprint density at radius 3 is 2.20 bits per heavy atom. The van der Waals surface area contributed by atoms with E-state index in [0.717, 1.165) is 12.8 Å². The molecule has 2 rings (SSSR count). The average Bonchev–Trinajstić information content (AvgIpc) is 2.73. The van der Waals surface area contributed by atoms with Crippen LogP contribution in [-0.2, 0) is 21.1 Å². The summed E-state index contributed by atoms with van der Waals surface area (Å²) < 4.78 is 37.3. The van der Waals surface area contributed by atoms with Gasteiger partial charge in [0.1, 0.15) is 0 Å². The predicted octanol–water partition coefficient (Wildman–Crippen LogP) is 4.37. The van der Waals surface area contributed by atoms with E-state index in [1.54, 1.807) is 0 Å². The zero-order valence-corrected chi connectivity index (χ0v) is 18.7. The molecule has 30 heavy (non-hydrogen) atoms. The van der Waals surface area contributed by atoms with Gasteiger partial charge in [0.05, 0.1) is 29.8 Å². The highest BCUT2D eigenvalue weighted by molar-refractivity contribution is 7.92. The van der Waals surface area contributed by atoms with E-state index in [-0.39, 0.29) is 17.1 Å². The van der Waals surface area contributed by atoms with Gasteiger partial charge in [-0.1, -0.05) is 36.8 Å². The minimum absolute atomic E-state index is 0.0301. The Bertz CT molecular complexity index is 951. The van der Waals surface area contributed by atoms with Crippen LogP contribution in [0.1, 0.15) is 38.7 Å². The second-order valence-corrected chi connectivity index (χ2v) is 9.94. The van der Waals surface area contributed by atoms with Gasteiger partial charge in [-0.05, 0) is 50.8 Å². The van der Waals surface area contributed by atoms with Crippen molar-refractivity contribution in [1.29, 1.82) is 0 Å². The summed E-state index contributed by atoms with van der Waals surface area (Å²) in [6.07, 6.45) is 2.45. The van der Waals surface area contributed by atoms with Gasteiger partial charge in [0.15, 0.2) is 21.3 Å². The lowest BCUT2D eigenvalue weighted by atomic mass is 9.86. The molecule has 0 aliphatic carbocycles.